The monoisotopic (exact) mass is 571 g/mol. The molecule has 2 N–H and O–H groups in total. The molecule has 1 aromatic rings. The number of halogens is 1. The van der Waals surface area contributed by atoms with E-state index in [9.17, 15) is 24.3 Å². The minimum Gasteiger partial charge on any atom is -0.460 e. The summed E-state index contributed by atoms with van der Waals surface area (Å²) in [7, 11) is 0. The first kappa shape index (κ1) is 28.3. The molecule has 214 valence electrons. The highest BCUT2D eigenvalue weighted by Crippen LogP contribution is 2.53. The number of nitrogens with one attached hydrogen (secondary N) is 1. The highest BCUT2D eigenvalue weighted by molar-refractivity contribution is 6.30. The molecule has 5 rings (SSSR count). The second kappa shape index (κ2) is 11.7. The van der Waals surface area contributed by atoms with Gasteiger partial charge in [0.2, 0.25) is 11.8 Å². The number of aliphatic hydroxyl groups is 1. The van der Waals surface area contributed by atoms with Gasteiger partial charge in [-0.15, -0.1) is 0 Å². The van der Waals surface area contributed by atoms with E-state index in [0.29, 0.717) is 30.0 Å². The van der Waals surface area contributed by atoms with E-state index in [4.69, 9.17) is 21.1 Å². The summed E-state index contributed by atoms with van der Waals surface area (Å²) in [5.41, 5.74) is -0.776. The van der Waals surface area contributed by atoms with Gasteiger partial charge >= 0.3 is 5.97 Å². The second-order valence-electron chi connectivity index (χ2n) is 10.7. The number of amides is 3. The minimum absolute atomic E-state index is 0.0429. The van der Waals surface area contributed by atoms with Gasteiger partial charge in [0.15, 0.2) is 0 Å². The van der Waals surface area contributed by atoms with Crippen LogP contribution in [0.15, 0.2) is 48.6 Å². The molecule has 10 nitrogen and oxygen atoms in total. The number of hydrogen-bond donors (Lipinski definition) is 2. The third kappa shape index (κ3) is 5.15. The first-order valence-corrected chi connectivity index (χ1v) is 14.1. The molecular weight excluding hydrogens is 538 g/mol. The SMILES string of the molecule is C[C@@H]1CNC(=O)CC/C=C\[C@H]2O[C@]34C=CCN(c5ccc(Cl)cc5)C(=O)[C@H]3N(CCCCO)C(=O)[C@@H]4[C@H]2C(=O)O1. The molecule has 6 atom stereocenters. The Bertz CT molecular complexity index is 1220. The molecule has 0 radical (unpaired) electrons. The average Bonchev–Trinajstić information content (AvgIpc) is 3.31. The molecule has 0 saturated carbocycles. The van der Waals surface area contributed by atoms with Gasteiger partial charge < -0.3 is 29.7 Å². The van der Waals surface area contributed by atoms with Crippen molar-refractivity contribution in [3.8, 4) is 0 Å². The lowest BCUT2D eigenvalue weighted by molar-refractivity contribution is -0.158. The number of carbonyl (C=O) groups is 4. The van der Waals surface area contributed by atoms with E-state index in [1.807, 2.05) is 0 Å². The lowest BCUT2D eigenvalue weighted by Gasteiger charge is -2.35. The van der Waals surface area contributed by atoms with Crippen LogP contribution in [0.5, 0.6) is 0 Å². The number of anilines is 1. The number of cyclic esters (lactones) is 1. The average molecular weight is 572 g/mol. The van der Waals surface area contributed by atoms with Crippen LogP contribution in [-0.2, 0) is 28.7 Å². The molecule has 2 fully saturated rings. The van der Waals surface area contributed by atoms with Crippen LogP contribution in [0.4, 0.5) is 5.69 Å². The summed E-state index contributed by atoms with van der Waals surface area (Å²) >= 11 is 6.08. The van der Waals surface area contributed by atoms with Crippen molar-refractivity contribution in [3.05, 3.63) is 53.6 Å². The van der Waals surface area contributed by atoms with Crippen molar-refractivity contribution in [1.29, 1.82) is 0 Å². The molecule has 0 unspecified atom stereocenters. The van der Waals surface area contributed by atoms with Gasteiger partial charge in [0.05, 0.1) is 18.6 Å². The fourth-order valence-electron chi connectivity index (χ4n) is 6.15. The molecule has 4 heterocycles. The quantitative estimate of drug-likeness (QED) is 0.314. The molecule has 40 heavy (non-hydrogen) atoms. The zero-order valence-electron chi connectivity index (χ0n) is 22.3. The fraction of sp³-hybridized carbons (Fsp3) is 0.517. The van der Waals surface area contributed by atoms with E-state index >= 15 is 0 Å². The Morgan fingerprint density at radius 3 is 2.62 bits per heavy atom. The standard InChI is InChI=1S/C29H34ClN3O7/c1-18-17-31-22(35)8-3-2-7-21-23(28(38)39-18)24-26(36)33(14-4-5-16-34)25-27(37)32(15-6-13-29(24,25)40-21)20-11-9-19(30)10-12-20/h2,6-7,9-13,18,21,23-25,34H,3-5,8,14-17H2,1H3,(H,31,35)/b7-2-/t18-,21-,23+,24+,25-,29+/m1/s1. The maximum absolute atomic E-state index is 14.3. The van der Waals surface area contributed by atoms with E-state index in [0.717, 1.165) is 0 Å². The van der Waals surface area contributed by atoms with Crippen molar-refractivity contribution in [2.24, 2.45) is 11.8 Å². The molecular formula is C29H34ClN3O7. The van der Waals surface area contributed by atoms with Crippen LogP contribution < -0.4 is 10.2 Å². The Morgan fingerprint density at radius 2 is 1.88 bits per heavy atom. The second-order valence-corrected chi connectivity index (χ2v) is 11.1. The molecule has 0 aliphatic carbocycles. The zero-order valence-corrected chi connectivity index (χ0v) is 23.1. The molecule has 4 aliphatic heterocycles. The van der Waals surface area contributed by atoms with Gasteiger partial charge in [0, 0.05) is 36.8 Å². The van der Waals surface area contributed by atoms with E-state index < -0.39 is 41.7 Å². The van der Waals surface area contributed by atoms with E-state index in [-0.39, 0.29) is 50.4 Å². The first-order valence-electron chi connectivity index (χ1n) is 13.7. The number of nitrogens with zero attached hydrogens (tertiary/aromatic N) is 2. The largest absolute Gasteiger partial charge is 0.460 e. The van der Waals surface area contributed by atoms with Gasteiger partial charge in [-0.3, -0.25) is 19.2 Å². The summed E-state index contributed by atoms with van der Waals surface area (Å²) in [5, 5.41) is 12.7. The normalized spacial score (nSPS) is 33.2. The summed E-state index contributed by atoms with van der Waals surface area (Å²) in [5.74, 6) is -3.41. The Labute approximate surface area is 237 Å². The van der Waals surface area contributed by atoms with Gasteiger partial charge in [0.25, 0.3) is 5.91 Å². The Kier molecular flexibility index (Phi) is 8.30. The van der Waals surface area contributed by atoms with Crippen molar-refractivity contribution in [3.63, 3.8) is 0 Å². The van der Waals surface area contributed by atoms with Crippen molar-refractivity contribution < 1.29 is 33.8 Å². The zero-order chi connectivity index (χ0) is 28.4. The Hall–Kier alpha value is -3.21. The van der Waals surface area contributed by atoms with Crippen LogP contribution in [-0.4, -0.2) is 83.8 Å². The lowest BCUT2D eigenvalue weighted by atomic mass is 9.78. The van der Waals surface area contributed by atoms with Crippen LogP contribution in [0.3, 0.4) is 0 Å². The highest BCUT2D eigenvalue weighted by Gasteiger charge is 2.71. The van der Waals surface area contributed by atoms with Crippen molar-refractivity contribution in [1.82, 2.24) is 10.2 Å². The predicted octanol–water partition coefficient (Wildman–Crippen LogP) is 1.99. The summed E-state index contributed by atoms with van der Waals surface area (Å²) in [6, 6.07) is 5.86. The van der Waals surface area contributed by atoms with Crippen LogP contribution in [0.1, 0.15) is 32.6 Å². The van der Waals surface area contributed by atoms with Gasteiger partial charge in [0.1, 0.15) is 23.7 Å². The number of hydrogen-bond acceptors (Lipinski definition) is 7. The number of likely N-dealkylation sites (tertiary alicyclic amines) is 1. The van der Waals surface area contributed by atoms with Gasteiger partial charge in [-0.1, -0.05) is 35.9 Å². The van der Waals surface area contributed by atoms with Crippen molar-refractivity contribution in [2.45, 2.75) is 56.5 Å². The molecule has 0 aromatic heterocycles. The molecule has 11 heteroatoms. The van der Waals surface area contributed by atoms with Crippen LogP contribution in [0.2, 0.25) is 5.02 Å². The third-order valence-corrected chi connectivity index (χ3v) is 8.23. The Balaban J connectivity index is 1.57. The summed E-state index contributed by atoms with van der Waals surface area (Å²) in [4.78, 5) is 57.3. The number of aliphatic hydroxyl groups excluding tert-OH is 1. The van der Waals surface area contributed by atoms with Gasteiger partial charge in [-0.25, -0.2) is 0 Å². The summed E-state index contributed by atoms with van der Waals surface area (Å²) in [6.07, 6.45) is 7.25. The third-order valence-electron chi connectivity index (χ3n) is 7.98. The van der Waals surface area contributed by atoms with Crippen molar-refractivity contribution >= 4 is 41.0 Å². The fourth-order valence-corrected chi connectivity index (χ4v) is 6.27. The number of fused-ring (bicyclic) bond motifs is 2. The van der Waals surface area contributed by atoms with E-state index in [1.54, 1.807) is 60.4 Å². The lowest BCUT2D eigenvalue weighted by Crippen LogP contribution is -2.55. The number of benzene rings is 1. The molecule has 1 aromatic carbocycles. The molecule has 1 spiro atoms. The number of esters is 1. The number of allylic oxidation sites excluding steroid dienone is 1. The van der Waals surface area contributed by atoms with E-state index in [2.05, 4.69) is 5.32 Å². The first-order chi connectivity index (χ1) is 19.3. The minimum atomic E-state index is -1.40. The van der Waals surface area contributed by atoms with E-state index in [1.165, 1.54) is 4.90 Å². The predicted molar refractivity (Wildman–Crippen MR) is 146 cm³/mol. The smallest absolute Gasteiger partial charge is 0.313 e. The van der Waals surface area contributed by atoms with Crippen LogP contribution in [0, 0.1) is 11.8 Å². The molecule has 2 saturated heterocycles. The Morgan fingerprint density at radius 1 is 1.10 bits per heavy atom. The summed E-state index contributed by atoms with van der Waals surface area (Å²) in [6.45, 7) is 2.26. The topological polar surface area (TPSA) is 125 Å². The van der Waals surface area contributed by atoms with Crippen LogP contribution >= 0.6 is 11.6 Å². The highest BCUT2D eigenvalue weighted by atomic mass is 35.5. The number of ether oxygens (including phenoxy) is 2. The van der Waals surface area contributed by atoms with Gasteiger partial charge in [-0.2, -0.15) is 0 Å². The van der Waals surface area contributed by atoms with Crippen molar-refractivity contribution in [2.75, 3.05) is 31.1 Å². The number of rotatable bonds is 5. The number of unbranched alkanes of at least 4 members (excludes halogenated alkanes) is 1. The van der Waals surface area contributed by atoms with Gasteiger partial charge in [-0.05, 0) is 50.5 Å². The maximum atomic E-state index is 14.3. The van der Waals surface area contributed by atoms with Crippen LogP contribution in [0.25, 0.3) is 0 Å². The molecule has 4 aliphatic rings. The maximum Gasteiger partial charge on any atom is 0.313 e. The molecule has 3 amide bonds. The molecule has 0 bridgehead atoms. The summed E-state index contributed by atoms with van der Waals surface area (Å²) < 4.78 is 12.3. The number of carbonyl (C=O) groups excluding carboxylic acids is 4.